The zero-order valence-corrected chi connectivity index (χ0v) is 11.5. The SMILES string of the molecule is CC(C)Oc1cccc(C(=O)CC2CNCCO2)c1. The number of carbonyl (C=O) groups is 1. The van der Waals surface area contributed by atoms with E-state index in [1.807, 2.05) is 32.0 Å². The Bertz CT molecular complexity index is 425. The van der Waals surface area contributed by atoms with Crippen LogP contribution in [-0.4, -0.2) is 37.7 Å². The lowest BCUT2D eigenvalue weighted by Gasteiger charge is -2.23. The van der Waals surface area contributed by atoms with Crippen LogP contribution in [0.2, 0.25) is 0 Å². The lowest BCUT2D eigenvalue weighted by molar-refractivity contribution is 0.0240. The van der Waals surface area contributed by atoms with E-state index in [2.05, 4.69) is 5.32 Å². The number of ketones is 1. The second-order valence-corrected chi connectivity index (χ2v) is 5.02. The van der Waals surface area contributed by atoms with Gasteiger partial charge in [-0.25, -0.2) is 0 Å². The topological polar surface area (TPSA) is 47.6 Å². The molecular formula is C15H21NO3. The maximum atomic E-state index is 12.2. The molecule has 0 spiro atoms. The summed E-state index contributed by atoms with van der Waals surface area (Å²) < 4.78 is 11.1. The number of carbonyl (C=O) groups excluding carboxylic acids is 1. The van der Waals surface area contributed by atoms with Gasteiger partial charge in [-0.15, -0.1) is 0 Å². The summed E-state index contributed by atoms with van der Waals surface area (Å²) in [5.74, 6) is 0.839. The van der Waals surface area contributed by atoms with Crippen molar-refractivity contribution in [2.24, 2.45) is 0 Å². The molecule has 0 radical (unpaired) electrons. The maximum Gasteiger partial charge on any atom is 0.165 e. The molecule has 104 valence electrons. The van der Waals surface area contributed by atoms with E-state index >= 15 is 0 Å². The minimum absolute atomic E-state index is 0.0177. The van der Waals surface area contributed by atoms with Gasteiger partial charge in [0.1, 0.15) is 5.75 Å². The van der Waals surface area contributed by atoms with Crippen LogP contribution in [-0.2, 0) is 4.74 Å². The Morgan fingerprint density at radius 3 is 3.05 bits per heavy atom. The summed E-state index contributed by atoms with van der Waals surface area (Å²) >= 11 is 0. The quantitative estimate of drug-likeness (QED) is 0.826. The van der Waals surface area contributed by atoms with Gasteiger partial charge in [0.25, 0.3) is 0 Å². The Labute approximate surface area is 114 Å². The van der Waals surface area contributed by atoms with E-state index in [9.17, 15) is 4.79 Å². The molecule has 1 heterocycles. The average molecular weight is 263 g/mol. The molecule has 1 aliphatic rings. The van der Waals surface area contributed by atoms with Crippen LogP contribution < -0.4 is 10.1 Å². The predicted molar refractivity (Wildman–Crippen MR) is 73.8 cm³/mol. The third-order valence-electron chi connectivity index (χ3n) is 2.95. The Kier molecular flexibility index (Phi) is 4.93. The van der Waals surface area contributed by atoms with Gasteiger partial charge in [0.2, 0.25) is 0 Å². The van der Waals surface area contributed by atoms with Crippen LogP contribution in [0.25, 0.3) is 0 Å². The molecule has 1 fully saturated rings. The predicted octanol–water partition coefficient (Wildman–Crippen LogP) is 2.03. The molecule has 1 unspecified atom stereocenters. The van der Waals surface area contributed by atoms with Crippen LogP contribution in [0.4, 0.5) is 0 Å². The Morgan fingerprint density at radius 1 is 1.53 bits per heavy atom. The van der Waals surface area contributed by atoms with Gasteiger partial charge in [-0.2, -0.15) is 0 Å². The van der Waals surface area contributed by atoms with E-state index < -0.39 is 0 Å². The highest BCUT2D eigenvalue weighted by Crippen LogP contribution is 2.17. The second-order valence-electron chi connectivity index (χ2n) is 5.02. The van der Waals surface area contributed by atoms with Crippen LogP contribution >= 0.6 is 0 Å². The van der Waals surface area contributed by atoms with Crippen molar-refractivity contribution in [1.29, 1.82) is 0 Å². The minimum atomic E-state index is -0.0177. The van der Waals surface area contributed by atoms with Crippen molar-refractivity contribution < 1.29 is 14.3 Å². The zero-order valence-electron chi connectivity index (χ0n) is 11.5. The van der Waals surface area contributed by atoms with Crippen molar-refractivity contribution >= 4 is 5.78 Å². The molecule has 4 heteroatoms. The number of hydrogen-bond acceptors (Lipinski definition) is 4. The van der Waals surface area contributed by atoms with Gasteiger partial charge in [-0.05, 0) is 26.0 Å². The normalized spacial score (nSPS) is 19.4. The first kappa shape index (κ1) is 14.0. The van der Waals surface area contributed by atoms with Gasteiger partial charge >= 0.3 is 0 Å². The number of morpholine rings is 1. The molecule has 0 amide bonds. The Balaban J connectivity index is 1.97. The van der Waals surface area contributed by atoms with Crippen molar-refractivity contribution in [1.82, 2.24) is 5.32 Å². The van der Waals surface area contributed by atoms with Crippen LogP contribution in [0.15, 0.2) is 24.3 Å². The van der Waals surface area contributed by atoms with Gasteiger partial charge in [-0.3, -0.25) is 4.79 Å². The highest BCUT2D eigenvalue weighted by Gasteiger charge is 2.18. The zero-order chi connectivity index (χ0) is 13.7. The first-order valence-electron chi connectivity index (χ1n) is 6.77. The van der Waals surface area contributed by atoms with Crippen molar-refractivity contribution in [3.63, 3.8) is 0 Å². The van der Waals surface area contributed by atoms with Gasteiger partial charge in [0.05, 0.1) is 18.8 Å². The summed E-state index contributed by atoms with van der Waals surface area (Å²) in [6.07, 6.45) is 0.505. The molecule has 0 saturated carbocycles. The van der Waals surface area contributed by atoms with E-state index in [0.29, 0.717) is 18.6 Å². The van der Waals surface area contributed by atoms with Crippen LogP contribution in [0.5, 0.6) is 5.75 Å². The summed E-state index contributed by atoms with van der Waals surface area (Å²) in [5, 5.41) is 3.23. The molecule has 0 aromatic heterocycles. The molecule has 1 aromatic rings. The number of rotatable bonds is 5. The van der Waals surface area contributed by atoms with E-state index in [1.165, 1.54) is 0 Å². The third kappa shape index (κ3) is 4.33. The number of hydrogen-bond donors (Lipinski definition) is 1. The fraction of sp³-hybridized carbons (Fsp3) is 0.533. The molecule has 1 aromatic carbocycles. The van der Waals surface area contributed by atoms with Crippen molar-refractivity contribution in [2.45, 2.75) is 32.5 Å². The summed E-state index contributed by atoms with van der Waals surface area (Å²) in [7, 11) is 0. The second kappa shape index (κ2) is 6.68. The molecule has 1 saturated heterocycles. The van der Waals surface area contributed by atoms with E-state index in [4.69, 9.17) is 9.47 Å². The summed E-state index contributed by atoms with van der Waals surface area (Å²) in [6.45, 7) is 6.22. The molecule has 0 aliphatic carbocycles. The third-order valence-corrected chi connectivity index (χ3v) is 2.95. The number of Topliss-reactive ketones (excluding diaryl/α,β-unsaturated/α-hetero) is 1. The minimum Gasteiger partial charge on any atom is -0.491 e. The van der Waals surface area contributed by atoms with E-state index in [-0.39, 0.29) is 18.0 Å². The first-order valence-corrected chi connectivity index (χ1v) is 6.77. The summed E-state index contributed by atoms with van der Waals surface area (Å²) in [4.78, 5) is 12.2. The van der Waals surface area contributed by atoms with Crippen molar-refractivity contribution in [3.05, 3.63) is 29.8 Å². The smallest absolute Gasteiger partial charge is 0.165 e. The van der Waals surface area contributed by atoms with E-state index in [0.717, 1.165) is 18.8 Å². The Morgan fingerprint density at radius 2 is 2.37 bits per heavy atom. The molecule has 1 atom stereocenters. The molecule has 4 nitrogen and oxygen atoms in total. The van der Waals surface area contributed by atoms with Crippen molar-refractivity contribution in [2.75, 3.05) is 19.7 Å². The lowest BCUT2D eigenvalue weighted by atomic mass is 10.0. The summed E-state index contributed by atoms with van der Waals surface area (Å²) in [5.41, 5.74) is 0.687. The van der Waals surface area contributed by atoms with Gasteiger partial charge in [0, 0.05) is 25.1 Å². The highest BCUT2D eigenvalue weighted by molar-refractivity contribution is 5.96. The van der Waals surface area contributed by atoms with Gasteiger partial charge in [0.15, 0.2) is 5.78 Å². The van der Waals surface area contributed by atoms with Gasteiger partial charge < -0.3 is 14.8 Å². The summed E-state index contributed by atoms with van der Waals surface area (Å²) in [6, 6.07) is 7.35. The molecule has 2 rings (SSSR count). The van der Waals surface area contributed by atoms with Gasteiger partial charge in [-0.1, -0.05) is 12.1 Å². The standard InChI is InChI=1S/C15H21NO3/c1-11(2)19-13-5-3-4-12(8-13)15(17)9-14-10-16-6-7-18-14/h3-5,8,11,14,16H,6-7,9-10H2,1-2H3. The van der Waals surface area contributed by atoms with E-state index in [1.54, 1.807) is 6.07 Å². The fourth-order valence-corrected chi connectivity index (χ4v) is 2.09. The Hall–Kier alpha value is -1.39. The largest absolute Gasteiger partial charge is 0.491 e. The maximum absolute atomic E-state index is 12.2. The molecular weight excluding hydrogens is 242 g/mol. The molecule has 19 heavy (non-hydrogen) atoms. The fourth-order valence-electron chi connectivity index (χ4n) is 2.09. The van der Waals surface area contributed by atoms with Crippen LogP contribution in [0, 0.1) is 0 Å². The van der Waals surface area contributed by atoms with Crippen molar-refractivity contribution in [3.8, 4) is 5.75 Å². The highest BCUT2D eigenvalue weighted by atomic mass is 16.5. The van der Waals surface area contributed by atoms with Crippen LogP contribution in [0.3, 0.4) is 0 Å². The molecule has 1 N–H and O–H groups in total. The lowest BCUT2D eigenvalue weighted by Crippen LogP contribution is -2.39. The average Bonchev–Trinajstić information content (AvgIpc) is 2.39. The molecule has 1 aliphatic heterocycles. The van der Waals surface area contributed by atoms with Crippen LogP contribution in [0.1, 0.15) is 30.6 Å². The number of ether oxygens (including phenoxy) is 2. The monoisotopic (exact) mass is 263 g/mol. The molecule has 0 bridgehead atoms. The first-order chi connectivity index (χ1) is 9.15. The number of nitrogens with one attached hydrogen (secondary N) is 1. The number of benzene rings is 1.